The molecule has 4 N–H and O–H groups in total. The van der Waals surface area contributed by atoms with Crippen molar-refractivity contribution < 1.29 is 24.2 Å². The maximum atomic E-state index is 13.6. The van der Waals surface area contributed by atoms with Gasteiger partial charge in [0.05, 0.1) is 24.0 Å². The summed E-state index contributed by atoms with van der Waals surface area (Å²) in [4.78, 5) is 33.1. The molecule has 0 bridgehead atoms. The Morgan fingerprint density at radius 3 is 2.49 bits per heavy atom. The highest BCUT2D eigenvalue weighted by Crippen LogP contribution is 2.46. The molecule has 3 aliphatic heterocycles. The minimum Gasteiger partial charge on any atom is -0.487 e. The first-order chi connectivity index (χ1) is 18.2. The molecule has 0 aromatic heterocycles. The zero-order valence-corrected chi connectivity index (χ0v) is 23.4. The molecular weight excluding hydrogens is 496 g/mol. The van der Waals surface area contributed by atoms with Crippen molar-refractivity contribution in [2.45, 2.75) is 95.7 Å². The van der Waals surface area contributed by atoms with Gasteiger partial charge in [0.1, 0.15) is 28.8 Å². The van der Waals surface area contributed by atoms with Crippen LogP contribution in [0.1, 0.15) is 94.4 Å². The van der Waals surface area contributed by atoms with E-state index >= 15 is 0 Å². The first-order valence-electron chi connectivity index (χ1n) is 13.5. The van der Waals surface area contributed by atoms with E-state index in [1.807, 2.05) is 52.0 Å². The van der Waals surface area contributed by atoms with E-state index in [2.05, 4.69) is 10.3 Å². The molecule has 0 spiro atoms. The standard InChI is InChI=1S/C30H38N4O5/c1-7-30(6)15-20(34-23(35)16-28(2,3)33-27(34)31)19-14-17(12-13-22(19)39-30)26(37)32-24-18-10-8-9-11-21(18)38-29(4,5)25(24)36/h8-14,20,24-25,36H,7,15-16H2,1-6H3,(H2,31,33)(H,32,37)/t20?,24?,25-,30?/m0/s1. The van der Waals surface area contributed by atoms with Crippen LogP contribution in [0.5, 0.6) is 11.5 Å². The summed E-state index contributed by atoms with van der Waals surface area (Å²) in [5.41, 5.74) is 6.17. The van der Waals surface area contributed by atoms with Gasteiger partial charge in [-0.05, 0) is 65.3 Å². The predicted octanol–water partition coefficient (Wildman–Crippen LogP) is 4.01. The molecule has 0 aliphatic carbocycles. The summed E-state index contributed by atoms with van der Waals surface area (Å²) in [5, 5.41) is 14.1. The summed E-state index contributed by atoms with van der Waals surface area (Å²) in [7, 11) is 0. The smallest absolute Gasteiger partial charge is 0.251 e. The average Bonchev–Trinajstić information content (AvgIpc) is 2.85. The molecule has 2 aromatic rings. The Kier molecular flexibility index (Phi) is 6.41. The fraction of sp³-hybridized carbons (Fsp3) is 0.500. The number of carbonyl (C=O) groups is 2. The molecule has 208 valence electrons. The number of aliphatic hydroxyl groups is 1. The van der Waals surface area contributed by atoms with Crippen LogP contribution in [0.25, 0.3) is 0 Å². The van der Waals surface area contributed by atoms with Crippen molar-refractivity contribution in [1.29, 1.82) is 0 Å². The normalized spacial score (nSPS) is 28.8. The molecule has 4 atom stereocenters. The Bertz CT molecular complexity index is 1350. The molecule has 5 rings (SSSR count). The van der Waals surface area contributed by atoms with E-state index in [1.54, 1.807) is 36.9 Å². The van der Waals surface area contributed by atoms with Crippen LogP contribution in [0.3, 0.4) is 0 Å². The number of ether oxygens (including phenoxy) is 2. The SMILES string of the molecule is CCC1(C)CC(N2C(=O)CC(C)(C)N=C2N)c2cc(C(=O)NC3c4ccccc4OC(C)(C)[C@H]3O)ccc2O1. The van der Waals surface area contributed by atoms with E-state index in [0.29, 0.717) is 34.6 Å². The highest BCUT2D eigenvalue weighted by atomic mass is 16.5. The molecule has 39 heavy (non-hydrogen) atoms. The Balaban J connectivity index is 1.51. The van der Waals surface area contributed by atoms with Crippen LogP contribution in [0, 0.1) is 0 Å². The van der Waals surface area contributed by atoms with E-state index in [4.69, 9.17) is 15.2 Å². The van der Waals surface area contributed by atoms with Gasteiger partial charge >= 0.3 is 0 Å². The molecule has 3 aliphatic rings. The van der Waals surface area contributed by atoms with Gasteiger partial charge in [0.2, 0.25) is 5.91 Å². The molecule has 9 heteroatoms. The van der Waals surface area contributed by atoms with Crippen LogP contribution in [-0.2, 0) is 4.79 Å². The van der Waals surface area contributed by atoms with Crippen molar-refractivity contribution in [1.82, 2.24) is 10.2 Å². The van der Waals surface area contributed by atoms with Crippen molar-refractivity contribution >= 4 is 17.8 Å². The third-order valence-corrected chi connectivity index (χ3v) is 8.13. The topological polar surface area (TPSA) is 126 Å². The number of nitrogens with zero attached hydrogens (tertiary/aromatic N) is 2. The number of para-hydroxylation sites is 1. The molecule has 0 saturated heterocycles. The highest BCUT2D eigenvalue weighted by molar-refractivity contribution is 6.00. The van der Waals surface area contributed by atoms with Gasteiger partial charge in [-0.15, -0.1) is 0 Å². The second kappa shape index (κ2) is 9.26. The van der Waals surface area contributed by atoms with Crippen LogP contribution >= 0.6 is 0 Å². The van der Waals surface area contributed by atoms with E-state index < -0.39 is 34.9 Å². The lowest BCUT2D eigenvalue weighted by atomic mass is 9.84. The van der Waals surface area contributed by atoms with E-state index in [-0.39, 0.29) is 24.2 Å². The Labute approximate surface area is 229 Å². The summed E-state index contributed by atoms with van der Waals surface area (Å²) >= 11 is 0. The van der Waals surface area contributed by atoms with E-state index in [9.17, 15) is 14.7 Å². The van der Waals surface area contributed by atoms with E-state index in [0.717, 1.165) is 6.42 Å². The zero-order valence-electron chi connectivity index (χ0n) is 23.4. The number of nitrogens with one attached hydrogen (secondary N) is 1. The van der Waals surface area contributed by atoms with Crippen LogP contribution in [-0.4, -0.2) is 50.6 Å². The molecule has 3 unspecified atom stereocenters. The molecule has 0 fully saturated rings. The first kappa shape index (κ1) is 27.0. The number of hydrogen-bond donors (Lipinski definition) is 3. The van der Waals surface area contributed by atoms with Crippen LogP contribution in [0.4, 0.5) is 0 Å². The number of guanidine groups is 1. The first-order valence-corrected chi connectivity index (χ1v) is 13.5. The maximum Gasteiger partial charge on any atom is 0.251 e. The predicted molar refractivity (Wildman–Crippen MR) is 148 cm³/mol. The molecule has 3 heterocycles. The molecule has 0 saturated carbocycles. The molecule has 2 amide bonds. The third-order valence-electron chi connectivity index (χ3n) is 8.13. The summed E-state index contributed by atoms with van der Waals surface area (Å²) in [6.07, 6.45) is 0.498. The third kappa shape index (κ3) is 4.84. The lowest BCUT2D eigenvalue weighted by molar-refractivity contribution is -0.132. The van der Waals surface area contributed by atoms with Gasteiger partial charge in [-0.2, -0.15) is 0 Å². The Morgan fingerprint density at radius 1 is 1.10 bits per heavy atom. The summed E-state index contributed by atoms with van der Waals surface area (Å²) in [6, 6.07) is 11.5. The maximum absolute atomic E-state index is 13.6. The second-order valence-corrected chi connectivity index (χ2v) is 12.2. The van der Waals surface area contributed by atoms with Gasteiger partial charge in [-0.1, -0.05) is 25.1 Å². The monoisotopic (exact) mass is 534 g/mol. The number of fused-ring (bicyclic) bond motifs is 2. The highest BCUT2D eigenvalue weighted by Gasteiger charge is 2.46. The number of hydrogen-bond acceptors (Lipinski definition) is 7. The number of carbonyl (C=O) groups excluding carboxylic acids is 2. The number of nitrogens with two attached hydrogens (primary N) is 1. The van der Waals surface area contributed by atoms with Gasteiger partial charge in [0.15, 0.2) is 5.96 Å². The molecular formula is C30H38N4O5. The number of aliphatic hydroxyl groups excluding tert-OH is 1. The number of rotatable bonds is 4. The molecule has 2 aromatic carbocycles. The van der Waals surface area contributed by atoms with Crippen LogP contribution in [0.2, 0.25) is 0 Å². The van der Waals surface area contributed by atoms with Gasteiger partial charge in [-0.25, -0.2) is 4.99 Å². The second-order valence-electron chi connectivity index (χ2n) is 12.2. The van der Waals surface area contributed by atoms with Crippen LogP contribution in [0.15, 0.2) is 47.5 Å². The Morgan fingerprint density at radius 2 is 1.79 bits per heavy atom. The zero-order chi connectivity index (χ0) is 28.3. The van der Waals surface area contributed by atoms with Crippen molar-refractivity contribution in [2.75, 3.05) is 0 Å². The number of benzene rings is 2. The average molecular weight is 535 g/mol. The number of aliphatic imine (C=N–C) groups is 1. The largest absolute Gasteiger partial charge is 0.487 e. The van der Waals surface area contributed by atoms with Crippen LogP contribution < -0.4 is 20.5 Å². The van der Waals surface area contributed by atoms with Crippen molar-refractivity contribution in [2.24, 2.45) is 10.7 Å². The summed E-state index contributed by atoms with van der Waals surface area (Å²) in [5.74, 6) is 0.936. The van der Waals surface area contributed by atoms with Gasteiger partial charge in [0, 0.05) is 23.1 Å². The van der Waals surface area contributed by atoms with Crippen molar-refractivity contribution in [3.05, 3.63) is 59.2 Å². The summed E-state index contributed by atoms with van der Waals surface area (Å²) in [6.45, 7) is 11.4. The fourth-order valence-electron chi connectivity index (χ4n) is 5.76. The van der Waals surface area contributed by atoms with Gasteiger partial charge in [-0.3, -0.25) is 14.5 Å². The lowest BCUT2D eigenvalue weighted by Crippen LogP contribution is -2.54. The van der Waals surface area contributed by atoms with Crippen molar-refractivity contribution in [3.8, 4) is 11.5 Å². The quantitative estimate of drug-likeness (QED) is 0.544. The van der Waals surface area contributed by atoms with Crippen molar-refractivity contribution in [3.63, 3.8) is 0 Å². The fourth-order valence-corrected chi connectivity index (χ4v) is 5.76. The minimum atomic E-state index is -0.972. The Hall–Kier alpha value is -3.59. The number of amides is 2. The molecule has 9 nitrogen and oxygen atoms in total. The summed E-state index contributed by atoms with van der Waals surface area (Å²) < 4.78 is 12.4. The van der Waals surface area contributed by atoms with Gasteiger partial charge in [0.25, 0.3) is 5.91 Å². The van der Waals surface area contributed by atoms with Gasteiger partial charge < -0.3 is 25.6 Å². The molecule has 0 radical (unpaired) electrons. The minimum absolute atomic E-state index is 0.108. The van der Waals surface area contributed by atoms with E-state index in [1.165, 1.54) is 0 Å². The lowest BCUT2D eigenvalue weighted by Gasteiger charge is -2.45.